The minimum Gasteiger partial charge on any atom is -0.308 e. The number of benzene rings is 2. The van der Waals surface area contributed by atoms with E-state index < -0.39 is 0 Å². The van der Waals surface area contributed by atoms with Crippen molar-refractivity contribution in [1.29, 1.82) is 0 Å². The Balaban J connectivity index is 1.45. The first-order valence-electron chi connectivity index (χ1n) is 8.27. The molecule has 2 aromatic carbocycles. The molecule has 0 bridgehead atoms. The van der Waals surface area contributed by atoms with Crippen molar-refractivity contribution in [3.05, 3.63) is 65.7 Å². The lowest BCUT2D eigenvalue weighted by Crippen LogP contribution is -2.37. The molecule has 0 saturated carbocycles. The van der Waals surface area contributed by atoms with Gasteiger partial charge in [0.15, 0.2) is 0 Å². The quantitative estimate of drug-likeness (QED) is 0.737. The number of nitrogens with zero attached hydrogens (tertiary/aromatic N) is 1. The molecule has 1 heterocycles. The number of hydrogen-bond acceptors (Lipinski definition) is 2. The fourth-order valence-electron chi connectivity index (χ4n) is 3.20. The van der Waals surface area contributed by atoms with Crippen LogP contribution in [-0.2, 0) is 17.6 Å². The summed E-state index contributed by atoms with van der Waals surface area (Å²) < 4.78 is 0. The Bertz CT molecular complexity index is 656. The topological polar surface area (TPSA) is 20.3 Å². The minimum atomic E-state index is 0.243. The molecule has 0 radical (unpaired) electrons. The van der Waals surface area contributed by atoms with Crippen LogP contribution in [0.4, 0.5) is 5.69 Å². The maximum Gasteiger partial charge on any atom is 0.237 e. The van der Waals surface area contributed by atoms with E-state index in [0.29, 0.717) is 5.75 Å². The summed E-state index contributed by atoms with van der Waals surface area (Å²) in [5.41, 5.74) is 3.78. The molecular weight excluding hydrogens is 302 g/mol. The van der Waals surface area contributed by atoms with Crippen LogP contribution in [0.15, 0.2) is 54.6 Å². The molecule has 0 fully saturated rings. The number of amides is 1. The van der Waals surface area contributed by atoms with Crippen LogP contribution in [-0.4, -0.2) is 23.5 Å². The summed E-state index contributed by atoms with van der Waals surface area (Å²) in [5.74, 6) is 1.85. The normalized spacial score (nSPS) is 16.4. The van der Waals surface area contributed by atoms with E-state index in [1.54, 1.807) is 11.8 Å². The standard InChI is InChI=1S/C20H23NOS/c1-16-14-18-11-5-6-12-19(18)21(16)20(22)15-23-13-7-10-17-8-3-2-4-9-17/h2-6,8-9,11-12,16H,7,10,13-15H2,1H3/t16-/m0/s1. The van der Waals surface area contributed by atoms with Gasteiger partial charge in [0.1, 0.15) is 0 Å². The van der Waals surface area contributed by atoms with Crippen LogP contribution in [0.2, 0.25) is 0 Å². The largest absolute Gasteiger partial charge is 0.308 e. The predicted octanol–water partition coefficient (Wildman–Crippen LogP) is 4.33. The van der Waals surface area contributed by atoms with Crippen LogP contribution < -0.4 is 4.90 Å². The fraction of sp³-hybridized carbons (Fsp3) is 0.350. The fourth-order valence-corrected chi connectivity index (χ4v) is 4.00. The first-order chi connectivity index (χ1) is 11.3. The number of para-hydroxylation sites is 1. The summed E-state index contributed by atoms with van der Waals surface area (Å²) in [6, 6.07) is 19.1. The average molecular weight is 325 g/mol. The van der Waals surface area contributed by atoms with E-state index >= 15 is 0 Å². The average Bonchev–Trinajstić information content (AvgIpc) is 2.91. The van der Waals surface area contributed by atoms with Gasteiger partial charge in [-0.1, -0.05) is 48.5 Å². The maximum absolute atomic E-state index is 12.6. The second kappa shape index (κ2) is 7.69. The second-order valence-corrected chi connectivity index (χ2v) is 7.19. The molecule has 0 aliphatic carbocycles. The van der Waals surface area contributed by atoms with Crippen molar-refractivity contribution in [1.82, 2.24) is 0 Å². The van der Waals surface area contributed by atoms with Crippen molar-refractivity contribution in [3.8, 4) is 0 Å². The third-order valence-corrected chi connectivity index (χ3v) is 5.33. The van der Waals surface area contributed by atoms with Gasteiger partial charge >= 0.3 is 0 Å². The molecular formula is C20H23NOS. The van der Waals surface area contributed by atoms with E-state index in [1.807, 2.05) is 17.0 Å². The van der Waals surface area contributed by atoms with Gasteiger partial charge in [0.05, 0.1) is 5.75 Å². The first kappa shape index (κ1) is 16.1. The zero-order valence-electron chi connectivity index (χ0n) is 13.6. The van der Waals surface area contributed by atoms with Crippen LogP contribution in [0.1, 0.15) is 24.5 Å². The van der Waals surface area contributed by atoms with Gasteiger partial charge in [0, 0.05) is 11.7 Å². The number of aryl methyl sites for hydroxylation is 1. The summed E-state index contributed by atoms with van der Waals surface area (Å²) >= 11 is 1.75. The van der Waals surface area contributed by atoms with Crippen molar-refractivity contribution < 1.29 is 4.79 Å². The monoisotopic (exact) mass is 325 g/mol. The van der Waals surface area contributed by atoms with E-state index in [0.717, 1.165) is 30.7 Å². The number of rotatable bonds is 6. The van der Waals surface area contributed by atoms with Crippen molar-refractivity contribution in [3.63, 3.8) is 0 Å². The predicted molar refractivity (Wildman–Crippen MR) is 99.2 cm³/mol. The minimum absolute atomic E-state index is 0.243. The number of fused-ring (bicyclic) bond motifs is 1. The van der Waals surface area contributed by atoms with Crippen LogP contribution in [0.25, 0.3) is 0 Å². The molecule has 1 atom stereocenters. The Hall–Kier alpha value is -1.74. The third kappa shape index (κ3) is 3.97. The molecule has 0 spiro atoms. The van der Waals surface area contributed by atoms with Gasteiger partial charge in [-0.25, -0.2) is 0 Å². The van der Waals surface area contributed by atoms with Crippen LogP contribution in [0.5, 0.6) is 0 Å². The lowest BCUT2D eigenvalue weighted by molar-refractivity contribution is -0.116. The van der Waals surface area contributed by atoms with Crippen molar-refractivity contribution in [2.45, 2.75) is 32.2 Å². The van der Waals surface area contributed by atoms with Crippen LogP contribution in [0, 0.1) is 0 Å². The molecule has 0 unspecified atom stereocenters. The lowest BCUT2D eigenvalue weighted by atomic mass is 10.1. The molecule has 23 heavy (non-hydrogen) atoms. The third-order valence-electron chi connectivity index (χ3n) is 4.30. The van der Waals surface area contributed by atoms with Gasteiger partial charge in [0.2, 0.25) is 5.91 Å². The number of carbonyl (C=O) groups excluding carboxylic acids is 1. The molecule has 2 nitrogen and oxygen atoms in total. The van der Waals surface area contributed by atoms with Crippen LogP contribution >= 0.6 is 11.8 Å². The zero-order chi connectivity index (χ0) is 16.1. The lowest BCUT2D eigenvalue weighted by Gasteiger charge is -2.22. The molecule has 0 aromatic heterocycles. The highest BCUT2D eigenvalue weighted by molar-refractivity contribution is 7.99. The molecule has 1 aliphatic rings. The molecule has 0 saturated heterocycles. The van der Waals surface area contributed by atoms with E-state index in [-0.39, 0.29) is 11.9 Å². The van der Waals surface area contributed by atoms with Crippen molar-refractivity contribution in [2.24, 2.45) is 0 Å². The zero-order valence-corrected chi connectivity index (χ0v) is 14.4. The summed E-state index contributed by atoms with van der Waals surface area (Å²) in [6.45, 7) is 2.14. The molecule has 3 rings (SSSR count). The summed E-state index contributed by atoms with van der Waals surface area (Å²) in [6.07, 6.45) is 3.18. The molecule has 120 valence electrons. The number of hydrogen-bond donors (Lipinski definition) is 0. The Morgan fingerprint density at radius 1 is 1.13 bits per heavy atom. The van der Waals surface area contributed by atoms with Gasteiger partial charge in [-0.3, -0.25) is 4.79 Å². The molecule has 3 heteroatoms. The van der Waals surface area contributed by atoms with Gasteiger partial charge in [-0.15, -0.1) is 0 Å². The highest BCUT2D eigenvalue weighted by Crippen LogP contribution is 2.32. The van der Waals surface area contributed by atoms with Gasteiger partial charge in [-0.05, 0) is 49.1 Å². The summed E-state index contributed by atoms with van der Waals surface area (Å²) in [4.78, 5) is 14.5. The van der Waals surface area contributed by atoms with Crippen molar-refractivity contribution >= 4 is 23.4 Å². The number of anilines is 1. The molecule has 1 aliphatic heterocycles. The highest BCUT2D eigenvalue weighted by atomic mass is 32.2. The Kier molecular flexibility index (Phi) is 5.39. The highest BCUT2D eigenvalue weighted by Gasteiger charge is 2.29. The number of carbonyl (C=O) groups is 1. The summed E-state index contributed by atoms with van der Waals surface area (Å²) in [5, 5.41) is 0. The molecule has 2 aromatic rings. The van der Waals surface area contributed by atoms with Gasteiger partial charge in [0.25, 0.3) is 0 Å². The van der Waals surface area contributed by atoms with Gasteiger partial charge in [-0.2, -0.15) is 11.8 Å². The molecule has 1 amide bonds. The summed E-state index contributed by atoms with van der Waals surface area (Å²) in [7, 11) is 0. The number of thioether (sulfide) groups is 1. The maximum atomic E-state index is 12.6. The Morgan fingerprint density at radius 2 is 1.87 bits per heavy atom. The van der Waals surface area contributed by atoms with E-state index in [2.05, 4.69) is 49.4 Å². The Morgan fingerprint density at radius 3 is 2.70 bits per heavy atom. The SMILES string of the molecule is C[C@H]1Cc2ccccc2N1C(=O)CSCCCc1ccccc1. The smallest absolute Gasteiger partial charge is 0.237 e. The van der Waals surface area contributed by atoms with E-state index in [4.69, 9.17) is 0 Å². The van der Waals surface area contributed by atoms with Crippen LogP contribution in [0.3, 0.4) is 0 Å². The van der Waals surface area contributed by atoms with E-state index in [1.165, 1.54) is 11.1 Å². The molecule has 0 N–H and O–H groups in total. The van der Waals surface area contributed by atoms with Gasteiger partial charge < -0.3 is 4.90 Å². The Labute approximate surface area is 142 Å². The van der Waals surface area contributed by atoms with Crippen molar-refractivity contribution in [2.75, 3.05) is 16.4 Å². The first-order valence-corrected chi connectivity index (χ1v) is 9.43. The second-order valence-electron chi connectivity index (χ2n) is 6.09. The van der Waals surface area contributed by atoms with E-state index in [9.17, 15) is 4.79 Å².